The lowest BCUT2D eigenvalue weighted by Crippen LogP contribution is -2.38. The molecule has 3 N–H and O–H groups in total. The van der Waals surface area contributed by atoms with Gasteiger partial charge in [0.2, 0.25) is 0 Å². The predicted octanol–water partition coefficient (Wildman–Crippen LogP) is 4.04. The molecule has 2 fully saturated rings. The van der Waals surface area contributed by atoms with Crippen molar-refractivity contribution in [3.05, 3.63) is 53.1 Å². The molecule has 0 aliphatic carbocycles. The average Bonchev–Trinajstić information content (AvgIpc) is 3.37. The molecule has 2 heterocycles. The van der Waals surface area contributed by atoms with Crippen molar-refractivity contribution in [2.45, 2.75) is 19.3 Å². The fourth-order valence-corrected chi connectivity index (χ4v) is 4.50. The van der Waals surface area contributed by atoms with Crippen molar-refractivity contribution in [1.29, 1.82) is 0 Å². The van der Waals surface area contributed by atoms with E-state index in [1.54, 1.807) is 30.3 Å². The number of ether oxygens (including phenoxy) is 1. The Bertz CT molecular complexity index is 990. The summed E-state index contributed by atoms with van der Waals surface area (Å²) in [7, 11) is 0. The van der Waals surface area contributed by atoms with Crippen LogP contribution in [0.2, 0.25) is 5.02 Å². The van der Waals surface area contributed by atoms with Crippen LogP contribution in [-0.2, 0) is 4.74 Å². The van der Waals surface area contributed by atoms with Crippen molar-refractivity contribution < 1.29 is 14.3 Å². The zero-order valence-corrected chi connectivity index (χ0v) is 20.1. The lowest BCUT2D eigenvalue weighted by Gasteiger charge is -2.26. The van der Waals surface area contributed by atoms with E-state index >= 15 is 0 Å². The van der Waals surface area contributed by atoms with E-state index in [4.69, 9.17) is 16.3 Å². The molecule has 2 aliphatic heterocycles. The minimum absolute atomic E-state index is 0.122. The summed E-state index contributed by atoms with van der Waals surface area (Å²) >= 11 is 5.99. The molecule has 0 spiro atoms. The highest BCUT2D eigenvalue weighted by Crippen LogP contribution is 2.28. The number of rotatable bonds is 8. The first-order chi connectivity index (χ1) is 16.6. The molecular weight excluding hydrogens is 454 g/mol. The number of amides is 3. The Kier molecular flexibility index (Phi) is 8.62. The lowest BCUT2D eigenvalue weighted by atomic mass is 10.1. The summed E-state index contributed by atoms with van der Waals surface area (Å²) in [6.45, 7) is 6.83. The zero-order chi connectivity index (χ0) is 23.8. The molecule has 0 atom stereocenters. The maximum absolute atomic E-state index is 13.1. The molecule has 2 aromatic rings. The van der Waals surface area contributed by atoms with Gasteiger partial charge >= 0.3 is 6.03 Å². The average molecular weight is 486 g/mol. The number of carbonyl (C=O) groups is 2. The number of anilines is 3. The van der Waals surface area contributed by atoms with Crippen LogP contribution in [0, 0.1) is 0 Å². The summed E-state index contributed by atoms with van der Waals surface area (Å²) in [5.41, 5.74) is 2.63. The first-order valence-electron chi connectivity index (χ1n) is 11.9. The van der Waals surface area contributed by atoms with Crippen LogP contribution in [0.3, 0.4) is 0 Å². The summed E-state index contributed by atoms with van der Waals surface area (Å²) in [5, 5.41) is 9.19. The van der Waals surface area contributed by atoms with E-state index < -0.39 is 6.03 Å². The third kappa shape index (κ3) is 6.85. The van der Waals surface area contributed by atoms with Gasteiger partial charge in [-0.15, -0.1) is 0 Å². The third-order valence-electron chi connectivity index (χ3n) is 6.07. The molecule has 2 aromatic carbocycles. The molecule has 8 nitrogen and oxygen atoms in total. The first-order valence-corrected chi connectivity index (χ1v) is 12.3. The third-order valence-corrected chi connectivity index (χ3v) is 6.30. The second-order valence-corrected chi connectivity index (χ2v) is 9.02. The first kappa shape index (κ1) is 24.3. The second kappa shape index (κ2) is 12.1. The molecule has 0 aromatic heterocycles. The molecule has 34 heavy (non-hydrogen) atoms. The van der Waals surface area contributed by atoms with Gasteiger partial charge in [-0.1, -0.05) is 17.7 Å². The fourth-order valence-electron chi connectivity index (χ4n) is 4.31. The van der Waals surface area contributed by atoms with Gasteiger partial charge in [0, 0.05) is 54.8 Å². The second-order valence-electron chi connectivity index (χ2n) is 8.58. The quantitative estimate of drug-likeness (QED) is 0.491. The van der Waals surface area contributed by atoms with Gasteiger partial charge in [-0.05, 0) is 62.2 Å². The summed E-state index contributed by atoms with van der Waals surface area (Å²) in [4.78, 5) is 30.2. The highest BCUT2D eigenvalue weighted by atomic mass is 35.5. The number of urea groups is 1. The molecule has 0 bridgehead atoms. The fraction of sp³-hybridized carbons (Fsp3) is 0.440. The molecule has 0 radical (unpaired) electrons. The Balaban J connectivity index is 1.39. The van der Waals surface area contributed by atoms with Gasteiger partial charge in [0.25, 0.3) is 5.91 Å². The van der Waals surface area contributed by atoms with Crippen LogP contribution in [-0.4, -0.2) is 69.3 Å². The number of nitrogens with zero attached hydrogens (tertiary/aromatic N) is 2. The predicted molar refractivity (Wildman–Crippen MR) is 136 cm³/mol. The highest BCUT2D eigenvalue weighted by Gasteiger charge is 2.20. The minimum atomic E-state index is -0.395. The Morgan fingerprint density at radius 2 is 1.68 bits per heavy atom. The van der Waals surface area contributed by atoms with Gasteiger partial charge in [0.15, 0.2) is 0 Å². The Labute approximate surface area is 205 Å². The Hall–Kier alpha value is -2.81. The van der Waals surface area contributed by atoms with E-state index in [2.05, 4.69) is 25.8 Å². The van der Waals surface area contributed by atoms with Crippen LogP contribution in [0.5, 0.6) is 0 Å². The summed E-state index contributed by atoms with van der Waals surface area (Å²) in [5.74, 6) is -0.122. The normalized spacial score (nSPS) is 16.3. The minimum Gasteiger partial charge on any atom is -0.379 e. The van der Waals surface area contributed by atoms with Crippen molar-refractivity contribution in [3.8, 4) is 0 Å². The van der Waals surface area contributed by atoms with Gasteiger partial charge < -0.3 is 25.6 Å². The standard InChI is InChI=1S/C25H32ClN5O3/c26-19-5-3-6-20(17-19)28-25(33)29-21-7-8-23(31-11-1-2-12-31)22(18-21)24(32)27-9-4-10-30-13-15-34-16-14-30/h3,5-8,17-18H,1-2,4,9-16H2,(H,27,32)(H2,28,29,33). The molecule has 9 heteroatoms. The molecular formula is C25H32ClN5O3. The number of carbonyl (C=O) groups excluding carboxylic acids is 2. The number of nitrogens with one attached hydrogen (secondary N) is 3. The van der Waals surface area contributed by atoms with E-state index in [9.17, 15) is 9.59 Å². The molecule has 182 valence electrons. The summed E-state index contributed by atoms with van der Waals surface area (Å²) < 4.78 is 5.38. The zero-order valence-electron chi connectivity index (χ0n) is 19.3. The molecule has 4 rings (SSSR count). The topological polar surface area (TPSA) is 85.9 Å². The van der Waals surface area contributed by atoms with Crippen molar-refractivity contribution >= 4 is 40.6 Å². The van der Waals surface area contributed by atoms with Crippen molar-refractivity contribution in [2.24, 2.45) is 0 Å². The molecule has 2 aliphatic rings. The van der Waals surface area contributed by atoms with Gasteiger partial charge in [-0.25, -0.2) is 4.79 Å². The molecule has 0 saturated carbocycles. The summed E-state index contributed by atoms with van der Waals surface area (Å²) in [6, 6.07) is 12.1. The number of hydrogen-bond acceptors (Lipinski definition) is 5. The number of hydrogen-bond donors (Lipinski definition) is 3. The van der Waals surface area contributed by atoms with Gasteiger partial charge in [-0.3, -0.25) is 9.69 Å². The van der Waals surface area contributed by atoms with Gasteiger partial charge in [-0.2, -0.15) is 0 Å². The van der Waals surface area contributed by atoms with Crippen LogP contribution in [0.25, 0.3) is 0 Å². The number of halogens is 1. The molecule has 2 saturated heterocycles. The van der Waals surface area contributed by atoms with Crippen LogP contribution in [0.15, 0.2) is 42.5 Å². The van der Waals surface area contributed by atoms with E-state index in [-0.39, 0.29) is 5.91 Å². The monoisotopic (exact) mass is 485 g/mol. The molecule has 3 amide bonds. The van der Waals surface area contributed by atoms with Gasteiger partial charge in [0.05, 0.1) is 18.8 Å². The highest BCUT2D eigenvalue weighted by molar-refractivity contribution is 6.30. The number of morpholine rings is 1. The van der Waals surface area contributed by atoms with E-state index in [1.807, 2.05) is 12.1 Å². The van der Waals surface area contributed by atoms with E-state index in [1.165, 1.54) is 0 Å². The Morgan fingerprint density at radius 1 is 0.941 bits per heavy atom. The van der Waals surface area contributed by atoms with Crippen LogP contribution in [0.4, 0.5) is 21.9 Å². The summed E-state index contributed by atoms with van der Waals surface area (Å²) in [6.07, 6.45) is 3.11. The van der Waals surface area contributed by atoms with Crippen LogP contribution >= 0.6 is 11.6 Å². The van der Waals surface area contributed by atoms with E-state index in [0.717, 1.165) is 70.9 Å². The van der Waals surface area contributed by atoms with Crippen molar-refractivity contribution in [3.63, 3.8) is 0 Å². The van der Waals surface area contributed by atoms with Gasteiger partial charge in [0.1, 0.15) is 0 Å². The van der Waals surface area contributed by atoms with Crippen molar-refractivity contribution in [1.82, 2.24) is 10.2 Å². The van der Waals surface area contributed by atoms with E-state index in [0.29, 0.717) is 28.5 Å². The SMILES string of the molecule is O=C(Nc1cccc(Cl)c1)Nc1ccc(N2CCCC2)c(C(=O)NCCCN2CCOCC2)c1. The maximum atomic E-state index is 13.1. The molecule has 0 unspecified atom stereocenters. The lowest BCUT2D eigenvalue weighted by molar-refractivity contribution is 0.0374. The largest absolute Gasteiger partial charge is 0.379 e. The number of benzene rings is 2. The van der Waals surface area contributed by atoms with Crippen LogP contribution in [0.1, 0.15) is 29.6 Å². The van der Waals surface area contributed by atoms with Crippen molar-refractivity contribution in [2.75, 3.05) is 68.0 Å². The van der Waals surface area contributed by atoms with Crippen LogP contribution < -0.4 is 20.9 Å². The Morgan fingerprint density at radius 3 is 2.41 bits per heavy atom. The maximum Gasteiger partial charge on any atom is 0.323 e. The smallest absolute Gasteiger partial charge is 0.323 e.